The van der Waals surface area contributed by atoms with Gasteiger partial charge in [0.2, 0.25) is 17.7 Å². The average Bonchev–Trinajstić information content (AvgIpc) is 0.728. The Labute approximate surface area is 823 Å². The molecule has 42 heteroatoms. The highest BCUT2D eigenvalue weighted by molar-refractivity contribution is 6.51. The van der Waals surface area contributed by atoms with Gasteiger partial charge in [0.1, 0.15) is 66.9 Å². The van der Waals surface area contributed by atoms with E-state index in [2.05, 4.69) is 51.8 Å². The molecule has 15 rings (SSSR count). The standard InChI is InChI=1S/2C31H25Cl4FN6O3.C31H25Cl3F2N6O3/c2*1-5-19(43)40-8-10-41(11-9-40)28-16-12-18(32)26(20-21(33)22(34)23(35)24(36)29(20)44)39-30(16)42(31(45)17(28)13-37)27-15(4)6-7-38-25(27)14(2)3;1-5-19(43)40-8-10-41(11-9-40)28-16-12-18(32)26(20-21(33)23(35)22(34)24(36)29(20)44)39-30(16)42(31(45)17(28)13-37)27-15(4)6-7-38-25(27)14(2)3/h3*5-7,12,14,44H,1,8-11H2,2-4H3. The fraction of sp³-hybridized carbons (Fsp3) is 0.258. The van der Waals surface area contributed by atoms with Crippen LogP contribution in [0.3, 0.4) is 0 Å². The van der Waals surface area contributed by atoms with Crippen LogP contribution < -0.4 is 31.4 Å². The molecule has 3 N–H and O–H groups in total. The van der Waals surface area contributed by atoms with Gasteiger partial charge in [-0.2, -0.15) is 15.8 Å². The number of carbonyl (C=O) groups excluding carboxylic acids is 3. The lowest BCUT2D eigenvalue weighted by atomic mass is 10.0. The van der Waals surface area contributed by atoms with Crippen LogP contribution in [0.5, 0.6) is 17.2 Å². The molecular formula is C93H75Cl11F4N18O9. The quantitative estimate of drug-likeness (QED) is 0.0371. The minimum absolute atomic E-state index is 0.0396. The summed E-state index contributed by atoms with van der Waals surface area (Å²) in [5.41, 5.74) is 1.02. The maximum atomic E-state index is 14.9. The Kier molecular flexibility index (Phi) is 30.1. The number of fused-ring (bicyclic) bond motifs is 3. The van der Waals surface area contributed by atoms with E-state index in [1.54, 1.807) is 77.2 Å². The number of aryl methyl sites for hydroxylation is 3. The molecule has 3 aromatic carbocycles. The number of aromatic nitrogens is 9. The molecule has 3 aliphatic rings. The van der Waals surface area contributed by atoms with E-state index >= 15 is 0 Å². The number of pyridine rings is 9. The first-order chi connectivity index (χ1) is 64.0. The predicted molar refractivity (Wildman–Crippen MR) is 519 cm³/mol. The van der Waals surface area contributed by atoms with Crippen molar-refractivity contribution in [2.75, 3.05) is 93.2 Å². The number of phenols is 3. The number of hydrogen-bond acceptors (Lipinski definition) is 21. The van der Waals surface area contributed by atoms with Gasteiger partial charge < -0.3 is 44.7 Å². The lowest BCUT2D eigenvalue weighted by molar-refractivity contribution is -0.127. The highest BCUT2D eigenvalue weighted by Crippen LogP contribution is 2.53. The Morgan fingerprint density at radius 3 is 0.859 bits per heavy atom. The molecular weight excluding hydrogens is 1980 g/mol. The summed E-state index contributed by atoms with van der Waals surface area (Å²) in [4.78, 5) is 118. The molecule has 12 heterocycles. The lowest BCUT2D eigenvalue weighted by Gasteiger charge is -2.36. The summed E-state index contributed by atoms with van der Waals surface area (Å²) in [6.07, 6.45) is 8.51. The number of amides is 3. The average molecular weight is 2050 g/mol. The van der Waals surface area contributed by atoms with E-state index < -0.39 is 82.8 Å². The molecule has 3 fully saturated rings. The van der Waals surface area contributed by atoms with Crippen LogP contribution in [0.1, 0.15) is 110 Å². The summed E-state index contributed by atoms with van der Waals surface area (Å²) in [7, 11) is 0. The number of aromatic hydroxyl groups is 3. The molecule has 135 heavy (non-hydrogen) atoms. The van der Waals surface area contributed by atoms with Gasteiger partial charge in [0.25, 0.3) is 16.7 Å². The molecule has 0 bridgehead atoms. The smallest absolute Gasteiger partial charge is 0.276 e. The van der Waals surface area contributed by atoms with Crippen LogP contribution in [0.4, 0.5) is 34.6 Å². The molecule has 696 valence electrons. The van der Waals surface area contributed by atoms with Crippen molar-refractivity contribution in [3.63, 3.8) is 0 Å². The number of hydrogen-bond donors (Lipinski definition) is 3. The highest BCUT2D eigenvalue weighted by Gasteiger charge is 2.38. The summed E-state index contributed by atoms with van der Waals surface area (Å²) in [5.74, 6) is -9.40. The molecule has 9 aromatic heterocycles. The number of piperazine rings is 3. The summed E-state index contributed by atoms with van der Waals surface area (Å²) >= 11 is 69.3. The van der Waals surface area contributed by atoms with Gasteiger partial charge in [0, 0.05) is 113 Å². The molecule has 12 aromatic rings. The van der Waals surface area contributed by atoms with Crippen molar-refractivity contribution in [2.24, 2.45) is 0 Å². The number of phenolic OH excluding ortho intramolecular Hbond substituents is 3. The van der Waals surface area contributed by atoms with E-state index in [9.17, 15) is 77.4 Å². The van der Waals surface area contributed by atoms with Gasteiger partial charge >= 0.3 is 0 Å². The van der Waals surface area contributed by atoms with Gasteiger partial charge in [-0.1, -0.05) is 189 Å². The van der Waals surface area contributed by atoms with Gasteiger partial charge in [-0.25, -0.2) is 32.5 Å². The van der Waals surface area contributed by atoms with Crippen LogP contribution in [0, 0.1) is 78.0 Å². The van der Waals surface area contributed by atoms with E-state index in [0.29, 0.717) is 114 Å². The second kappa shape index (κ2) is 40.5. The predicted octanol–water partition coefficient (Wildman–Crippen LogP) is 20.6. The number of benzene rings is 3. The summed E-state index contributed by atoms with van der Waals surface area (Å²) < 4.78 is 63.3. The van der Waals surface area contributed by atoms with Crippen LogP contribution in [0.15, 0.2) is 107 Å². The maximum absolute atomic E-state index is 14.9. The molecule has 0 unspecified atom stereocenters. The van der Waals surface area contributed by atoms with E-state index in [4.69, 9.17) is 138 Å². The van der Waals surface area contributed by atoms with Crippen LogP contribution in [0.25, 0.3) is 83.9 Å². The fourth-order valence-corrected chi connectivity index (χ4v) is 19.1. The molecule has 0 aliphatic carbocycles. The number of nitriles is 3. The third-order valence-corrected chi connectivity index (χ3v) is 27.2. The maximum Gasteiger partial charge on any atom is 0.276 e. The summed E-state index contributed by atoms with van der Waals surface area (Å²) in [6.45, 7) is 30.9. The van der Waals surface area contributed by atoms with Crippen molar-refractivity contribution < 1.29 is 47.3 Å². The van der Waals surface area contributed by atoms with E-state index in [-0.39, 0.29) is 181 Å². The Balaban J connectivity index is 0.000000171. The molecule has 0 spiro atoms. The van der Waals surface area contributed by atoms with Gasteiger partial charge in [-0.15, -0.1) is 0 Å². The minimum Gasteiger partial charge on any atom is -0.504 e. The van der Waals surface area contributed by atoms with Gasteiger partial charge in [0.15, 0.2) is 40.5 Å². The number of anilines is 3. The first kappa shape index (κ1) is 100. The lowest BCUT2D eigenvalue weighted by Crippen LogP contribution is -2.49. The zero-order chi connectivity index (χ0) is 98.7. The number of carbonyl (C=O) groups is 3. The van der Waals surface area contributed by atoms with E-state index in [1.165, 1.54) is 50.1 Å². The van der Waals surface area contributed by atoms with Crippen LogP contribution >= 0.6 is 128 Å². The Hall–Kier alpha value is -12.0. The molecule has 0 saturated carbocycles. The normalized spacial score (nSPS) is 13.4. The molecule has 3 aliphatic heterocycles. The van der Waals surface area contributed by atoms with Crippen molar-refractivity contribution in [1.29, 1.82) is 15.8 Å². The Bertz CT molecular complexity index is 6650. The molecule has 3 amide bonds. The van der Waals surface area contributed by atoms with Crippen molar-refractivity contribution in [3.8, 4) is 86.3 Å². The topological polar surface area (TPSA) is 346 Å². The molecule has 0 radical (unpaired) electrons. The van der Waals surface area contributed by atoms with Crippen molar-refractivity contribution in [3.05, 3.63) is 253 Å². The Morgan fingerprint density at radius 2 is 0.622 bits per heavy atom. The van der Waals surface area contributed by atoms with Crippen molar-refractivity contribution >= 4 is 195 Å². The first-order valence-corrected chi connectivity index (χ1v) is 45.3. The fourth-order valence-electron chi connectivity index (χ4n) is 16.4. The SMILES string of the molecule is C=CC(=O)N1CCN(c2c(C#N)c(=O)n(-c3c(C)ccnc3C(C)C)c3nc(-c4c(O)c(F)c(Cl)c(Cl)c4Cl)c(Cl)cc23)CC1.C=CC(=O)N1CCN(c2c(C#N)c(=O)n(-c3c(C)ccnc3C(C)C)c3nc(-c4c(O)c(F)c(Cl)c(Cl)c4Cl)c(Cl)cc23)CC1.C=CC(=O)N1CCN(c2c(C#N)c(=O)n(-c3c(C)ccnc3C(C)C)c3nc(-c4c(O)c(F)c(Cl)c(F)c4Cl)c(Cl)cc23)CC1. The summed E-state index contributed by atoms with van der Waals surface area (Å²) in [5, 5.41) is 59.7. The van der Waals surface area contributed by atoms with Crippen molar-refractivity contribution in [1.82, 2.24) is 58.3 Å². The highest BCUT2D eigenvalue weighted by atomic mass is 35.5. The third kappa shape index (κ3) is 18.0. The van der Waals surface area contributed by atoms with E-state index in [0.717, 1.165) is 0 Å². The molecule has 0 atom stereocenters. The molecule has 27 nitrogen and oxygen atoms in total. The van der Waals surface area contributed by atoms with Gasteiger partial charge in [0.05, 0.1) is 125 Å². The Morgan fingerprint density at radius 1 is 0.378 bits per heavy atom. The molecule has 3 saturated heterocycles. The van der Waals surface area contributed by atoms with Crippen LogP contribution in [-0.4, -0.2) is 170 Å². The summed E-state index contributed by atoms with van der Waals surface area (Å²) in [6, 6.07) is 15.7. The second-order valence-corrected chi connectivity index (χ2v) is 36.3. The van der Waals surface area contributed by atoms with Gasteiger partial charge in [-0.05, 0) is 110 Å². The number of nitrogens with zero attached hydrogens (tertiary/aromatic N) is 18. The number of rotatable bonds is 15. The third-order valence-electron chi connectivity index (χ3n) is 23.0. The van der Waals surface area contributed by atoms with Crippen molar-refractivity contribution in [2.45, 2.75) is 80.1 Å². The monoisotopic (exact) mass is 2050 g/mol. The van der Waals surface area contributed by atoms with Crippen LogP contribution in [0.2, 0.25) is 55.2 Å². The number of halogens is 15. The minimum atomic E-state index is -1.47. The largest absolute Gasteiger partial charge is 0.504 e. The van der Waals surface area contributed by atoms with Crippen LogP contribution in [-0.2, 0) is 14.4 Å². The van der Waals surface area contributed by atoms with E-state index in [1.807, 2.05) is 57.4 Å². The zero-order valence-corrected chi connectivity index (χ0v) is 81.1. The first-order valence-electron chi connectivity index (χ1n) is 41.1. The second-order valence-electron chi connectivity index (χ2n) is 32.0. The van der Waals surface area contributed by atoms with Gasteiger partial charge in [-0.3, -0.25) is 57.4 Å². The zero-order valence-electron chi connectivity index (χ0n) is 72.8.